The molecule has 0 aliphatic carbocycles. The summed E-state index contributed by atoms with van der Waals surface area (Å²) in [5.74, 6) is -0.0932. The predicted octanol–water partition coefficient (Wildman–Crippen LogP) is 5.35. The molecule has 0 spiro atoms. The molecule has 0 amide bonds. The number of benzene rings is 3. The first kappa shape index (κ1) is 10.0. The second kappa shape index (κ2) is 3.53. The molecule has 0 radical (unpaired) electrons. The van der Waals surface area contributed by atoms with Crippen LogP contribution in [-0.2, 0) is 0 Å². The van der Waals surface area contributed by atoms with E-state index in [1.54, 1.807) is 0 Å². The molecule has 0 saturated carbocycles. The number of fused-ring (bicyclic) bond motifs is 4. The first-order valence-corrected chi connectivity index (χ1v) is 6.65. The molecule has 0 saturated heterocycles. The average molecular weight is 252 g/mol. The SMILES string of the molecule is Fc1c2ccccc2cc2c1sc1ccccc12. The Labute approximate surface area is 107 Å². The van der Waals surface area contributed by atoms with Gasteiger partial charge in [-0.25, -0.2) is 4.39 Å². The number of rotatable bonds is 0. The normalized spacial score (nSPS) is 11.6. The highest BCUT2D eigenvalue weighted by molar-refractivity contribution is 7.25. The fourth-order valence-electron chi connectivity index (χ4n) is 2.47. The largest absolute Gasteiger partial charge is 0.205 e. The van der Waals surface area contributed by atoms with Crippen LogP contribution in [0.2, 0.25) is 0 Å². The van der Waals surface area contributed by atoms with Crippen molar-refractivity contribution >= 4 is 42.3 Å². The number of halogens is 1. The lowest BCUT2D eigenvalue weighted by Crippen LogP contribution is -1.79. The van der Waals surface area contributed by atoms with Gasteiger partial charge in [0.2, 0.25) is 0 Å². The van der Waals surface area contributed by atoms with E-state index in [0.29, 0.717) is 5.39 Å². The lowest BCUT2D eigenvalue weighted by molar-refractivity contribution is 0.653. The Balaban J connectivity index is 2.33. The van der Waals surface area contributed by atoms with Crippen molar-refractivity contribution in [2.45, 2.75) is 0 Å². The summed E-state index contributed by atoms with van der Waals surface area (Å²) in [4.78, 5) is 0. The molecule has 1 heterocycles. The van der Waals surface area contributed by atoms with Crippen molar-refractivity contribution < 1.29 is 4.39 Å². The highest BCUT2D eigenvalue weighted by Gasteiger charge is 2.11. The molecule has 0 atom stereocenters. The molecule has 2 heteroatoms. The molecule has 4 rings (SSSR count). The summed E-state index contributed by atoms with van der Waals surface area (Å²) in [6.45, 7) is 0. The van der Waals surface area contributed by atoms with Crippen molar-refractivity contribution in [3.63, 3.8) is 0 Å². The smallest absolute Gasteiger partial charge is 0.148 e. The van der Waals surface area contributed by atoms with Gasteiger partial charge in [0.05, 0.1) is 4.70 Å². The van der Waals surface area contributed by atoms with Crippen LogP contribution in [0.4, 0.5) is 4.39 Å². The van der Waals surface area contributed by atoms with Gasteiger partial charge in [-0.05, 0) is 17.5 Å². The van der Waals surface area contributed by atoms with E-state index in [2.05, 4.69) is 12.1 Å². The summed E-state index contributed by atoms with van der Waals surface area (Å²) in [5.41, 5.74) is 0. The van der Waals surface area contributed by atoms with Crippen LogP contribution in [0.3, 0.4) is 0 Å². The maximum Gasteiger partial charge on any atom is 0.148 e. The van der Waals surface area contributed by atoms with E-state index < -0.39 is 0 Å². The summed E-state index contributed by atoms with van der Waals surface area (Å²) < 4.78 is 16.4. The van der Waals surface area contributed by atoms with Crippen molar-refractivity contribution in [1.82, 2.24) is 0 Å². The summed E-state index contributed by atoms with van der Waals surface area (Å²) in [5, 5.41) is 3.83. The van der Waals surface area contributed by atoms with E-state index in [0.717, 1.165) is 25.6 Å². The molecule has 1 aromatic heterocycles. The minimum atomic E-state index is -0.0932. The van der Waals surface area contributed by atoms with E-state index >= 15 is 0 Å². The molecule has 0 bridgehead atoms. The molecule has 0 nitrogen and oxygen atoms in total. The Bertz CT molecular complexity index is 889. The van der Waals surface area contributed by atoms with Gasteiger partial charge >= 0.3 is 0 Å². The van der Waals surface area contributed by atoms with Gasteiger partial charge in [-0.1, -0.05) is 42.5 Å². The van der Waals surface area contributed by atoms with Gasteiger partial charge in [-0.2, -0.15) is 0 Å². The summed E-state index contributed by atoms with van der Waals surface area (Å²) >= 11 is 1.53. The summed E-state index contributed by atoms with van der Waals surface area (Å²) in [6, 6.07) is 17.8. The quantitative estimate of drug-likeness (QED) is 0.396. The maximum absolute atomic E-state index is 14.5. The van der Waals surface area contributed by atoms with Crippen LogP contribution in [0.5, 0.6) is 0 Å². The van der Waals surface area contributed by atoms with Gasteiger partial charge < -0.3 is 0 Å². The molecule has 0 aliphatic heterocycles. The average Bonchev–Trinajstić information content (AvgIpc) is 2.79. The molecule has 0 fully saturated rings. The van der Waals surface area contributed by atoms with Crippen LogP contribution in [0.1, 0.15) is 0 Å². The van der Waals surface area contributed by atoms with E-state index in [1.807, 2.05) is 42.5 Å². The van der Waals surface area contributed by atoms with Crippen LogP contribution < -0.4 is 0 Å². The molecule has 18 heavy (non-hydrogen) atoms. The highest BCUT2D eigenvalue weighted by atomic mass is 32.1. The van der Waals surface area contributed by atoms with Gasteiger partial charge in [0.15, 0.2) is 0 Å². The molecule has 86 valence electrons. The van der Waals surface area contributed by atoms with Crippen LogP contribution >= 0.6 is 11.3 Å². The zero-order valence-electron chi connectivity index (χ0n) is 9.48. The second-order valence-electron chi connectivity index (χ2n) is 4.39. The monoisotopic (exact) mass is 252 g/mol. The molecule has 0 unspecified atom stereocenters. The third-order valence-electron chi connectivity index (χ3n) is 3.33. The molecule has 4 aromatic rings. The van der Waals surface area contributed by atoms with Crippen molar-refractivity contribution in [3.05, 3.63) is 60.4 Å². The lowest BCUT2D eigenvalue weighted by Gasteiger charge is -2.00. The number of hydrogen-bond donors (Lipinski definition) is 0. The molecule has 0 N–H and O–H groups in total. The molecule has 0 aliphatic rings. The summed E-state index contributed by atoms with van der Waals surface area (Å²) in [7, 11) is 0. The minimum absolute atomic E-state index is 0.0932. The van der Waals surface area contributed by atoms with Crippen LogP contribution in [-0.4, -0.2) is 0 Å². The third-order valence-corrected chi connectivity index (χ3v) is 4.51. The van der Waals surface area contributed by atoms with E-state index in [9.17, 15) is 4.39 Å². The lowest BCUT2D eigenvalue weighted by atomic mass is 10.1. The first-order chi connectivity index (χ1) is 8.84. The minimum Gasteiger partial charge on any atom is -0.205 e. The zero-order valence-corrected chi connectivity index (χ0v) is 10.3. The maximum atomic E-state index is 14.5. The van der Waals surface area contributed by atoms with Gasteiger partial charge in [0, 0.05) is 20.9 Å². The Morgan fingerprint density at radius 1 is 0.778 bits per heavy atom. The molecule has 3 aromatic carbocycles. The zero-order chi connectivity index (χ0) is 12.1. The van der Waals surface area contributed by atoms with Crippen LogP contribution in [0.25, 0.3) is 30.9 Å². The molecular weight excluding hydrogens is 243 g/mol. The van der Waals surface area contributed by atoms with Gasteiger partial charge in [0.1, 0.15) is 5.82 Å². The van der Waals surface area contributed by atoms with Crippen molar-refractivity contribution in [1.29, 1.82) is 0 Å². The predicted molar refractivity (Wildman–Crippen MR) is 76.8 cm³/mol. The Hall–Kier alpha value is -1.93. The van der Waals surface area contributed by atoms with E-state index in [1.165, 1.54) is 11.3 Å². The van der Waals surface area contributed by atoms with Gasteiger partial charge in [-0.3, -0.25) is 0 Å². The van der Waals surface area contributed by atoms with E-state index in [-0.39, 0.29) is 5.82 Å². The third kappa shape index (κ3) is 1.24. The Morgan fingerprint density at radius 2 is 1.50 bits per heavy atom. The Morgan fingerprint density at radius 3 is 2.39 bits per heavy atom. The van der Waals surface area contributed by atoms with Crippen molar-refractivity contribution in [3.8, 4) is 0 Å². The first-order valence-electron chi connectivity index (χ1n) is 5.83. The van der Waals surface area contributed by atoms with Crippen molar-refractivity contribution in [2.24, 2.45) is 0 Å². The fourth-order valence-corrected chi connectivity index (χ4v) is 3.61. The topological polar surface area (TPSA) is 0 Å². The standard InChI is InChI=1S/C16H9FS/c17-15-11-6-2-1-5-10(11)9-13-12-7-3-4-8-14(12)18-16(13)15/h1-9H. The highest BCUT2D eigenvalue weighted by Crippen LogP contribution is 2.38. The fraction of sp³-hybridized carbons (Fsp3) is 0. The number of hydrogen-bond acceptors (Lipinski definition) is 1. The molecular formula is C16H9FS. The van der Waals surface area contributed by atoms with Crippen LogP contribution in [0.15, 0.2) is 54.6 Å². The summed E-state index contributed by atoms with van der Waals surface area (Å²) in [6.07, 6.45) is 0. The van der Waals surface area contributed by atoms with Gasteiger partial charge in [0.25, 0.3) is 0 Å². The number of thiophene rings is 1. The van der Waals surface area contributed by atoms with Crippen LogP contribution in [0, 0.1) is 5.82 Å². The van der Waals surface area contributed by atoms with Gasteiger partial charge in [-0.15, -0.1) is 11.3 Å². The van der Waals surface area contributed by atoms with Crippen molar-refractivity contribution in [2.75, 3.05) is 0 Å². The van der Waals surface area contributed by atoms with E-state index in [4.69, 9.17) is 0 Å². The second-order valence-corrected chi connectivity index (χ2v) is 5.44. The Kier molecular flexibility index (Phi) is 1.97.